The molecule has 1 heterocycles. The molecule has 2 aliphatic rings. The lowest BCUT2D eigenvalue weighted by atomic mass is 9.91. The first kappa shape index (κ1) is 16.7. The van der Waals surface area contributed by atoms with E-state index in [1.807, 2.05) is 6.92 Å². The maximum absolute atomic E-state index is 12.5. The molecular formula is C14H28N4O2S. The fraction of sp³-hybridized carbons (Fsp3) is 0.929. The van der Waals surface area contributed by atoms with Gasteiger partial charge in [-0.3, -0.25) is 10.3 Å². The Morgan fingerprint density at radius 1 is 1.19 bits per heavy atom. The lowest BCUT2D eigenvalue weighted by Crippen LogP contribution is -2.54. The van der Waals surface area contributed by atoms with Gasteiger partial charge in [0, 0.05) is 26.2 Å². The van der Waals surface area contributed by atoms with E-state index in [1.54, 1.807) is 4.31 Å². The minimum Gasteiger partial charge on any atom is -0.386 e. The van der Waals surface area contributed by atoms with Crippen molar-refractivity contribution in [1.82, 2.24) is 9.21 Å². The van der Waals surface area contributed by atoms with Gasteiger partial charge in [0.05, 0.1) is 11.8 Å². The van der Waals surface area contributed by atoms with E-state index < -0.39 is 10.0 Å². The van der Waals surface area contributed by atoms with Crippen LogP contribution >= 0.6 is 0 Å². The second-order valence-electron chi connectivity index (χ2n) is 6.35. The highest BCUT2D eigenvalue weighted by Gasteiger charge is 2.31. The monoisotopic (exact) mass is 316 g/mol. The number of amidine groups is 1. The molecule has 1 saturated carbocycles. The Labute approximate surface area is 128 Å². The van der Waals surface area contributed by atoms with E-state index in [-0.39, 0.29) is 11.9 Å². The van der Waals surface area contributed by atoms with Crippen LogP contribution in [0.2, 0.25) is 0 Å². The summed E-state index contributed by atoms with van der Waals surface area (Å²) in [4.78, 5) is 2.08. The molecule has 0 bridgehead atoms. The van der Waals surface area contributed by atoms with Gasteiger partial charge in [-0.05, 0) is 25.7 Å². The fourth-order valence-corrected chi connectivity index (χ4v) is 5.18. The molecule has 0 spiro atoms. The van der Waals surface area contributed by atoms with Gasteiger partial charge in [-0.15, -0.1) is 0 Å². The SMILES string of the molecule is CC(C(=N)N)N1CCN(S(=O)(=O)CC2CCCCC2)CC1. The lowest BCUT2D eigenvalue weighted by molar-refractivity contribution is 0.173. The van der Waals surface area contributed by atoms with Crippen LogP contribution in [0.5, 0.6) is 0 Å². The molecule has 3 N–H and O–H groups in total. The van der Waals surface area contributed by atoms with Gasteiger partial charge in [0.25, 0.3) is 0 Å². The summed E-state index contributed by atoms with van der Waals surface area (Å²) >= 11 is 0. The zero-order chi connectivity index (χ0) is 15.5. The van der Waals surface area contributed by atoms with Crippen molar-refractivity contribution in [2.75, 3.05) is 31.9 Å². The number of nitrogens with two attached hydrogens (primary N) is 1. The average Bonchev–Trinajstić information content (AvgIpc) is 2.47. The van der Waals surface area contributed by atoms with Gasteiger partial charge in [0.2, 0.25) is 10.0 Å². The molecule has 0 aromatic heterocycles. The quantitative estimate of drug-likeness (QED) is 0.581. The molecule has 0 radical (unpaired) electrons. The highest BCUT2D eigenvalue weighted by atomic mass is 32.2. The van der Waals surface area contributed by atoms with Crippen molar-refractivity contribution in [3.8, 4) is 0 Å². The standard InChI is InChI=1S/C14H28N4O2S/c1-12(14(15)16)17-7-9-18(10-8-17)21(19,20)11-13-5-3-2-4-6-13/h12-13H,2-11H2,1H3,(H3,15,16). The van der Waals surface area contributed by atoms with Crippen LogP contribution in [0.15, 0.2) is 0 Å². The maximum Gasteiger partial charge on any atom is 0.214 e. The molecule has 1 aliphatic heterocycles. The number of nitrogens with zero attached hydrogens (tertiary/aromatic N) is 2. The van der Waals surface area contributed by atoms with Crippen LogP contribution in [-0.4, -0.2) is 61.4 Å². The van der Waals surface area contributed by atoms with Gasteiger partial charge in [-0.2, -0.15) is 4.31 Å². The van der Waals surface area contributed by atoms with Crippen LogP contribution in [-0.2, 0) is 10.0 Å². The van der Waals surface area contributed by atoms with Crippen molar-refractivity contribution in [2.24, 2.45) is 11.7 Å². The molecular weight excluding hydrogens is 288 g/mol. The van der Waals surface area contributed by atoms with E-state index in [1.165, 1.54) is 19.3 Å². The topological polar surface area (TPSA) is 90.5 Å². The van der Waals surface area contributed by atoms with Crippen molar-refractivity contribution in [1.29, 1.82) is 5.41 Å². The predicted octanol–water partition coefficient (Wildman–Crippen LogP) is 0.839. The first-order valence-electron chi connectivity index (χ1n) is 7.96. The predicted molar refractivity (Wildman–Crippen MR) is 84.9 cm³/mol. The lowest BCUT2D eigenvalue weighted by Gasteiger charge is -2.37. The Hall–Kier alpha value is -0.660. The Morgan fingerprint density at radius 2 is 1.76 bits per heavy atom. The summed E-state index contributed by atoms with van der Waals surface area (Å²) < 4.78 is 26.6. The minimum absolute atomic E-state index is 0.104. The van der Waals surface area contributed by atoms with Crippen molar-refractivity contribution in [3.05, 3.63) is 0 Å². The average molecular weight is 316 g/mol. The third-order valence-electron chi connectivity index (χ3n) is 4.84. The minimum atomic E-state index is -3.13. The van der Waals surface area contributed by atoms with Crippen molar-refractivity contribution >= 4 is 15.9 Å². The molecule has 2 fully saturated rings. The van der Waals surface area contributed by atoms with E-state index in [0.717, 1.165) is 12.8 Å². The number of nitrogens with one attached hydrogen (secondary N) is 1. The zero-order valence-corrected chi connectivity index (χ0v) is 13.7. The Bertz CT molecular complexity index is 452. The number of rotatable bonds is 5. The molecule has 1 unspecified atom stereocenters. The van der Waals surface area contributed by atoms with Gasteiger partial charge in [-0.25, -0.2) is 8.42 Å². The Balaban J connectivity index is 1.86. The summed E-state index contributed by atoms with van der Waals surface area (Å²) in [6.45, 7) is 4.25. The normalized spacial score (nSPS) is 24.8. The number of hydrogen-bond donors (Lipinski definition) is 2. The molecule has 1 atom stereocenters. The number of hydrogen-bond acceptors (Lipinski definition) is 4. The molecule has 0 aromatic carbocycles. The molecule has 1 saturated heterocycles. The van der Waals surface area contributed by atoms with Gasteiger partial charge in [0.15, 0.2) is 0 Å². The van der Waals surface area contributed by atoms with E-state index in [2.05, 4.69) is 4.90 Å². The summed E-state index contributed by atoms with van der Waals surface area (Å²) in [5.74, 6) is 0.807. The molecule has 0 aromatic rings. The molecule has 2 rings (SSSR count). The third-order valence-corrected chi connectivity index (χ3v) is 6.88. The smallest absolute Gasteiger partial charge is 0.214 e. The highest BCUT2D eigenvalue weighted by molar-refractivity contribution is 7.89. The first-order chi connectivity index (χ1) is 9.90. The first-order valence-corrected chi connectivity index (χ1v) is 9.57. The zero-order valence-electron chi connectivity index (χ0n) is 12.9. The second-order valence-corrected chi connectivity index (χ2v) is 8.36. The summed E-state index contributed by atoms with van der Waals surface area (Å²) in [7, 11) is -3.13. The van der Waals surface area contributed by atoms with Crippen LogP contribution < -0.4 is 5.73 Å². The van der Waals surface area contributed by atoms with Crippen molar-refractivity contribution in [2.45, 2.75) is 45.1 Å². The highest BCUT2D eigenvalue weighted by Crippen LogP contribution is 2.26. The maximum atomic E-state index is 12.5. The molecule has 6 nitrogen and oxygen atoms in total. The van der Waals surface area contributed by atoms with E-state index in [0.29, 0.717) is 37.8 Å². The largest absolute Gasteiger partial charge is 0.386 e. The van der Waals surface area contributed by atoms with Crippen LogP contribution in [0.3, 0.4) is 0 Å². The molecule has 7 heteroatoms. The van der Waals surface area contributed by atoms with Crippen molar-refractivity contribution < 1.29 is 8.42 Å². The Kier molecular flexibility index (Phi) is 5.62. The molecule has 0 amide bonds. The van der Waals surface area contributed by atoms with Crippen LogP contribution in [0, 0.1) is 11.3 Å². The van der Waals surface area contributed by atoms with Gasteiger partial charge in [0.1, 0.15) is 5.84 Å². The molecule has 21 heavy (non-hydrogen) atoms. The summed E-state index contributed by atoms with van der Waals surface area (Å²) in [5, 5.41) is 7.48. The number of sulfonamides is 1. The van der Waals surface area contributed by atoms with Crippen molar-refractivity contribution in [3.63, 3.8) is 0 Å². The van der Waals surface area contributed by atoms with E-state index in [4.69, 9.17) is 11.1 Å². The fourth-order valence-electron chi connectivity index (χ4n) is 3.32. The summed E-state index contributed by atoms with van der Waals surface area (Å²) in [6.07, 6.45) is 5.70. The van der Waals surface area contributed by atoms with Crippen LogP contribution in [0.1, 0.15) is 39.0 Å². The van der Waals surface area contributed by atoms with Gasteiger partial charge >= 0.3 is 0 Å². The van der Waals surface area contributed by atoms with Crippen LogP contribution in [0.25, 0.3) is 0 Å². The van der Waals surface area contributed by atoms with E-state index >= 15 is 0 Å². The second kappa shape index (κ2) is 7.07. The summed E-state index contributed by atoms with van der Waals surface area (Å²) in [5.41, 5.74) is 5.52. The third kappa shape index (κ3) is 4.40. The van der Waals surface area contributed by atoms with Gasteiger partial charge < -0.3 is 5.73 Å². The summed E-state index contributed by atoms with van der Waals surface area (Å²) in [6, 6.07) is -0.104. The van der Waals surface area contributed by atoms with Gasteiger partial charge in [-0.1, -0.05) is 19.3 Å². The Morgan fingerprint density at radius 3 is 2.29 bits per heavy atom. The van der Waals surface area contributed by atoms with Crippen LogP contribution in [0.4, 0.5) is 0 Å². The molecule has 1 aliphatic carbocycles. The van der Waals surface area contributed by atoms with E-state index in [9.17, 15) is 8.42 Å². The molecule has 122 valence electrons. The number of piperazine rings is 1.